The van der Waals surface area contributed by atoms with Crippen molar-refractivity contribution in [3.8, 4) is 5.69 Å². The number of hydrogen-bond donors (Lipinski definition) is 3. The van der Waals surface area contributed by atoms with Crippen molar-refractivity contribution in [2.75, 3.05) is 6.54 Å². The molecule has 0 atom stereocenters. The van der Waals surface area contributed by atoms with Crippen molar-refractivity contribution in [2.24, 2.45) is 0 Å². The SMILES string of the molecule is O=C(NCc1ccn(-c2ccc(F)cc2)n1)NCC1(O)CCCC1. The topological polar surface area (TPSA) is 79.2 Å². The second kappa shape index (κ2) is 7.00. The van der Waals surface area contributed by atoms with Crippen molar-refractivity contribution in [3.05, 3.63) is 48.0 Å². The van der Waals surface area contributed by atoms with Crippen LogP contribution in [0.25, 0.3) is 5.69 Å². The number of urea groups is 1. The summed E-state index contributed by atoms with van der Waals surface area (Å²) >= 11 is 0. The summed E-state index contributed by atoms with van der Waals surface area (Å²) in [5.74, 6) is -0.298. The average Bonchev–Trinajstić information content (AvgIpc) is 3.22. The van der Waals surface area contributed by atoms with E-state index < -0.39 is 5.60 Å². The molecule has 0 aliphatic heterocycles. The van der Waals surface area contributed by atoms with Gasteiger partial charge in [-0.2, -0.15) is 5.10 Å². The van der Waals surface area contributed by atoms with E-state index in [-0.39, 0.29) is 24.9 Å². The molecule has 1 aromatic heterocycles. The summed E-state index contributed by atoms with van der Waals surface area (Å²) in [6.07, 6.45) is 5.22. The minimum absolute atomic E-state index is 0.267. The van der Waals surface area contributed by atoms with Crippen molar-refractivity contribution in [1.82, 2.24) is 20.4 Å². The van der Waals surface area contributed by atoms with Gasteiger partial charge in [-0.1, -0.05) is 12.8 Å². The summed E-state index contributed by atoms with van der Waals surface area (Å²) < 4.78 is 14.5. The molecule has 0 radical (unpaired) electrons. The van der Waals surface area contributed by atoms with Crippen LogP contribution in [0.5, 0.6) is 0 Å². The summed E-state index contributed by atoms with van der Waals surface area (Å²) in [4.78, 5) is 11.8. The Morgan fingerprint density at radius 2 is 1.92 bits per heavy atom. The molecule has 1 aliphatic rings. The first-order valence-corrected chi connectivity index (χ1v) is 8.09. The largest absolute Gasteiger partial charge is 0.388 e. The molecule has 7 heteroatoms. The summed E-state index contributed by atoms with van der Waals surface area (Å²) in [7, 11) is 0. The van der Waals surface area contributed by atoms with Gasteiger partial charge in [-0.3, -0.25) is 0 Å². The van der Waals surface area contributed by atoms with E-state index in [0.717, 1.165) is 31.4 Å². The lowest BCUT2D eigenvalue weighted by atomic mass is 10.0. The normalized spacial score (nSPS) is 16.1. The number of amides is 2. The Kier molecular flexibility index (Phi) is 4.80. The maximum Gasteiger partial charge on any atom is 0.315 e. The predicted octanol–water partition coefficient (Wildman–Crippen LogP) is 2.12. The van der Waals surface area contributed by atoms with Gasteiger partial charge in [0.25, 0.3) is 0 Å². The van der Waals surface area contributed by atoms with Gasteiger partial charge in [-0.05, 0) is 43.2 Å². The van der Waals surface area contributed by atoms with Crippen molar-refractivity contribution >= 4 is 6.03 Å². The quantitative estimate of drug-likeness (QED) is 0.785. The lowest BCUT2D eigenvalue weighted by molar-refractivity contribution is 0.0501. The van der Waals surface area contributed by atoms with Gasteiger partial charge in [0.05, 0.1) is 23.5 Å². The highest BCUT2D eigenvalue weighted by atomic mass is 19.1. The molecule has 2 aromatic rings. The van der Waals surface area contributed by atoms with E-state index in [1.54, 1.807) is 29.1 Å². The zero-order valence-corrected chi connectivity index (χ0v) is 13.3. The number of rotatable bonds is 5. The molecule has 1 fully saturated rings. The van der Waals surface area contributed by atoms with Crippen LogP contribution < -0.4 is 10.6 Å². The van der Waals surface area contributed by atoms with E-state index in [9.17, 15) is 14.3 Å². The molecule has 0 unspecified atom stereocenters. The van der Waals surface area contributed by atoms with Gasteiger partial charge in [0.15, 0.2) is 0 Å². The van der Waals surface area contributed by atoms with Crippen LogP contribution in [0.1, 0.15) is 31.4 Å². The van der Waals surface area contributed by atoms with Gasteiger partial charge in [0, 0.05) is 12.7 Å². The van der Waals surface area contributed by atoms with Gasteiger partial charge in [-0.15, -0.1) is 0 Å². The molecule has 2 amide bonds. The average molecular weight is 332 g/mol. The first-order valence-electron chi connectivity index (χ1n) is 8.09. The third-order valence-corrected chi connectivity index (χ3v) is 4.28. The van der Waals surface area contributed by atoms with E-state index >= 15 is 0 Å². The van der Waals surface area contributed by atoms with Crippen LogP contribution in [-0.4, -0.2) is 33.1 Å². The third-order valence-electron chi connectivity index (χ3n) is 4.28. The Hall–Kier alpha value is -2.41. The number of carbonyl (C=O) groups excluding carboxylic acids is 1. The van der Waals surface area contributed by atoms with Crippen LogP contribution in [0.4, 0.5) is 9.18 Å². The molecule has 1 aliphatic carbocycles. The Balaban J connectivity index is 1.48. The molecule has 128 valence electrons. The highest BCUT2D eigenvalue weighted by molar-refractivity contribution is 5.73. The van der Waals surface area contributed by atoms with Gasteiger partial charge in [-0.25, -0.2) is 13.9 Å². The van der Waals surface area contributed by atoms with E-state index in [2.05, 4.69) is 15.7 Å². The molecule has 6 nitrogen and oxygen atoms in total. The van der Waals surface area contributed by atoms with Crippen molar-refractivity contribution in [3.63, 3.8) is 0 Å². The van der Waals surface area contributed by atoms with Crippen molar-refractivity contribution in [2.45, 2.75) is 37.8 Å². The van der Waals surface area contributed by atoms with E-state index in [1.165, 1.54) is 12.1 Å². The van der Waals surface area contributed by atoms with Crippen molar-refractivity contribution in [1.29, 1.82) is 0 Å². The first-order chi connectivity index (χ1) is 11.5. The Bertz CT molecular complexity index is 693. The van der Waals surface area contributed by atoms with E-state index in [1.807, 2.05) is 0 Å². The molecular weight excluding hydrogens is 311 g/mol. The Morgan fingerprint density at radius 1 is 1.21 bits per heavy atom. The Labute approximate surface area is 139 Å². The maximum absolute atomic E-state index is 12.9. The number of nitrogens with zero attached hydrogens (tertiary/aromatic N) is 2. The van der Waals surface area contributed by atoms with Crippen LogP contribution in [0, 0.1) is 5.82 Å². The standard InChI is InChI=1S/C17H21FN4O2/c18-13-3-5-15(6-4-13)22-10-7-14(21-22)11-19-16(23)20-12-17(24)8-1-2-9-17/h3-7,10,24H,1-2,8-9,11-12H2,(H2,19,20,23). The lowest BCUT2D eigenvalue weighted by Crippen LogP contribution is -2.44. The number of halogens is 1. The van der Waals surface area contributed by atoms with Crippen LogP contribution in [0.2, 0.25) is 0 Å². The molecule has 24 heavy (non-hydrogen) atoms. The summed E-state index contributed by atoms with van der Waals surface area (Å²) in [6, 6.07) is 7.47. The van der Waals surface area contributed by atoms with E-state index in [0.29, 0.717) is 5.69 Å². The van der Waals surface area contributed by atoms with Gasteiger partial charge < -0.3 is 15.7 Å². The fraction of sp³-hybridized carbons (Fsp3) is 0.412. The second-order valence-corrected chi connectivity index (χ2v) is 6.20. The number of nitrogens with one attached hydrogen (secondary N) is 2. The summed E-state index contributed by atoms with van der Waals surface area (Å²) in [5.41, 5.74) is 0.672. The Morgan fingerprint density at radius 3 is 2.62 bits per heavy atom. The van der Waals surface area contributed by atoms with Gasteiger partial charge in [0.2, 0.25) is 0 Å². The number of aromatic nitrogens is 2. The summed E-state index contributed by atoms with van der Waals surface area (Å²) in [5, 5.41) is 19.9. The minimum Gasteiger partial charge on any atom is -0.388 e. The van der Waals surface area contributed by atoms with Gasteiger partial charge in [0.1, 0.15) is 5.82 Å². The smallest absolute Gasteiger partial charge is 0.315 e. The molecule has 3 rings (SSSR count). The second-order valence-electron chi connectivity index (χ2n) is 6.20. The van der Waals surface area contributed by atoms with Crippen molar-refractivity contribution < 1.29 is 14.3 Å². The molecule has 1 heterocycles. The summed E-state index contributed by atoms with van der Waals surface area (Å²) in [6.45, 7) is 0.543. The zero-order chi connectivity index (χ0) is 17.0. The fourth-order valence-corrected chi connectivity index (χ4v) is 2.88. The van der Waals surface area contributed by atoms with Crippen LogP contribution in [-0.2, 0) is 6.54 Å². The molecule has 1 saturated carbocycles. The first kappa shape index (κ1) is 16.4. The van der Waals surface area contributed by atoms with Crippen LogP contribution >= 0.6 is 0 Å². The monoisotopic (exact) mass is 332 g/mol. The predicted molar refractivity (Wildman–Crippen MR) is 87.2 cm³/mol. The molecule has 3 N–H and O–H groups in total. The molecule has 1 aromatic carbocycles. The molecule has 0 saturated heterocycles. The fourth-order valence-electron chi connectivity index (χ4n) is 2.88. The molecule has 0 bridgehead atoms. The number of aliphatic hydroxyl groups is 1. The van der Waals surface area contributed by atoms with Crippen LogP contribution in [0.15, 0.2) is 36.5 Å². The highest BCUT2D eigenvalue weighted by Gasteiger charge is 2.31. The molecule has 0 spiro atoms. The third kappa shape index (κ3) is 4.11. The van der Waals surface area contributed by atoms with Crippen LogP contribution in [0.3, 0.4) is 0 Å². The number of carbonyl (C=O) groups is 1. The number of hydrogen-bond acceptors (Lipinski definition) is 3. The van der Waals surface area contributed by atoms with Gasteiger partial charge >= 0.3 is 6.03 Å². The number of benzene rings is 1. The highest BCUT2D eigenvalue weighted by Crippen LogP contribution is 2.28. The lowest BCUT2D eigenvalue weighted by Gasteiger charge is -2.22. The molecular formula is C17H21FN4O2. The minimum atomic E-state index is -0.762. The van der Waals surface area contributed by atoms with E-state index in [4.69, 9.17) is 0 Å². The zero-order valence-electron chi connectivity index (χ0n) is 13.3. The maximum atomic E-state index is 12.9.